The lowest BCUT2D eigenvalue weighted by Crippen LogP contribution is -2.00. The number of alkyl halides is 1. The van der Waals surface area contributed by atoms with Crippen LogP contribution in [0.3, 0.4) is 0 Å². The van der Waals surface area contributed by atoms with Crippen LogP contribution >= 0.6 is 27.5 Å². The summed E-state index contributed by atoms with van der Waals surface area (Å²) < 4.78 is 6.89. The molecule has 0 saturated heterocycles. The van der Waals surface area contributed by atoms with Gasteiger partial charge in [0.25, 0.3) is 0 Å². The van der Waals surface area contributed by atoms with Crippen molar-refractivity contribution >= 4 is 38.4 Å². The smallest absolute Gasteiger partial charge is 0.138 e. The summed E-state index contributed by atoms with van der Waals surface area (Å²) in [5, 5.41) is 1.11. The number of hydrogen-bond acceptors (Lipinski definition) is 2. The summed E-state index contributed by atoms with van der Waals surface area (Å²) in [6.45, 7) is 0.459. The Balaban J connectivity index is 1.91. The molecular weight excluding hydrogens is 350 g/mol. The zero-order valence-electron chi connectivity index (χ0n) is 11.2. The quantitative estimate of drug-likeness (QED) is 0.586. The molecule has 0 saturated carbocycles. The van der Waals surface area contributed by atoms with Gasteiger partial charge in [-0.05, 0) is 28.1 Å². The first-order valence-electron chi connectivity index (χ1n) is 6.58. The number of aromatic nitrogens is 1. The third-order valence-electron chi connectivity index (χ3n) is 3.28. The Morgan fingerprint density at radius 3 is 2.62 bits per heavy atom. The van der Waals surface area contributed by atoms with Crippen LogP contribution in [0.15, 0.2) is 59.2 Å². The molecule has 1 heterocycles. The van der Waals surface area contributed by atoms with Gasteiger partial charge in [0, 0.05) is 22.7 Å². The average Bonchev–Trinajstić information content (AvgIpc) is 2.53. The summed E-state index contributed by atoms with van der Waals surface area (Å²) >= 11 is 9.48. The van der Waals surface area contributed by atoms with Gasteiger partial charge in [-0.3, -0.25) is 4.98 Å². The van der Waals surface area contributed by atoms with Gasteiger partial charge in [0.05, 0.1) is 15.9 Å². The molecule has 2 nitrogen and oxygen atoms in total. The number of fused-ring (bicyclic) bond motifs is 1. The molecule has 0 radical (unpaired) electrons. The molecule has 0 atom stereocenters. The fourth-order valence-electron chi connectivity index (χ4n) is 2.25. The minimum Gasteiger partial charge on any atom is -0.487 e. The highest BCUT2D eigenvalue weighted by molar-refractivity contribution is 9.10. The monoisotopic (exact) mass is 361 g/mol. The first-order valence-corrected chi connectivity index (χ1v) is 7.91. The van der Waals surface area contributed by atoms with E-state index >= 15 is 0 Å². The Bertz CT molecular complexity index is 770. The maximum Gasteiger partial charge on any atom is 0.138 e. The highest BCUT2D eigenvalue weighted by Crippen LogP contribution is 2.31. The van der Waals surface area contributed by atoms with E-state index in [-0.39, 0.29) is 0 Å². The van der Waals surface area contributed by atoms with E-state index in [9.17, 15) is 0 Å². The van der Waals surface area contributed by atoms with E-state index in [2.05, 4.69) is 33.0 Å². The maximum atomic E-state index is 5.98. The topological polar surface area (TPSA) is 22.1 Å². The van der Waals surface area contributed by atoms with Gasteiger partial charge in [-0.1, -0.05) is 36.4 Å². The Labute approximate surface area is 136 Å². The van der Waals surface area contributed by atoms with Crippen LogP contribution in [-0.4, -0.2) is 4.98 Å². The summed E-state index contributed by atoms with van der Waals surface area (Å²) in [5.74, 6) is 1.21. The molecule has 0 unspecified atom stereocenters. The molecule has 0 aliphatic heterocycles. The third kappa shape index (κ3) is 3.04. The van der Waals surface area contributed by atoms with Crippen molar-refractivity contribution in [2.45, 2.75) is 12.5 Å². The molecule has 0 aliphatic rings. The second kappa shape index (κ2) is 6.46. The molecule has 0 amide bonds. The van der Waals surface area contributed by atoms with E-state index in [1.807, 2.05) is 36.4 Å². The van der Waals surface area contributed by atoms with Crippen molar-refractivity contribution in [3.63, 3.8) is 0 Å². The van der Waals surface area contributed by atoms with Gasteiger partial charge in [-0.2, -0.15) is 0 Å². The number of pyridine rings is 1. The first-order chi connectivity index (χ1) is 10.3. The fraction of sp³-hybridized carbons (Fsp3) is 0.118. The van der Waals surface area contributed by atoms with E-state index in [1.54, 1.807) is 6.20 Å². The fourth-order valence-corrected chi connectivity index (χ4v) is 2.99. The van der Waals surface area contributed by atoms with Crippen molar-refractivity contribution in [1.29, 1.82) is 0 Å². The van der Waals surface area contributed by atoms with Crippen LogP contribution in [0.1, 0.15) is 11.1 Å². The van der Waals surface area contributed by atoms with Gasteiger partial charge in [-0.25, -0.2) is 0 Å². The second-order valence-electron chi connectivity index (χ2n) is 4.64. The molecule has 106 valence electrons. The number of ether oxygens (including phenoxy) is 1. The molecule has 0 N–H and O–H groups in total. The number of benzene rings is 2. The predicted octanol–water partition coefficient (Wildman–Crippen LogP) is 5.32. The van der Waals surface area contributed by atoms with Crippen LogP contribution in [0.25, 0.3) is 10.9 Å². The standard InChI is InChI=1S/C17H13BrClNO/c18-15-8-2-5-13(10-19)17(15)21-11-14-6-1-4-12-7-3-9-20-16(12)14/h1-9H,10-11H2. The molecule has 3 rings (SSSR count). The molecule has 2 aromatic carbocycles. The molecule has 0 bridgehead atoms. The summed E-state index contributed by atoms with van der Waals surface area (Å²) in [6, 6.07) is 16.0. The second-order valence-corrected chi connectivity index (χ2v) is 5.76. The molecule has 0 aliphatic carbocycles. The molecule has 3 aromatic rings. The number of rotatable bonds is 4. The Hall–Kier alpha value is -1.58. The minimum atomic E-state index is 0.419. The summed E-state index contributed by atoms with van der Waals surface area (Å²) in [5.41, 5.74) is 3.00. The van der Waals surface area contributed by atoms with E-state index in [0.29, 0.717) is 12.5 Å². The van der Waals surface area contributed by atoms with Crippen LogP contribution in [0, 0.1) is 0 Å². The van der Waals surface area contributed by atoms with Crippen LogP contribution in [0.5, 0.6) is 5.75 Å². The number of halogens is 2. The lowest BCUT2D eigenvalue weighted by Gasteiger charge is -2.13. The lowest BCUT2D eigenvalue weighted by atomic mass is 10.1. The average molecular weight is 363 g/mol. The zero-order chi connectivity index (χ0) is 14.7. The Morgan fingerprint density at radius 2 is 1.76 bits per heavy atom. The molecule has 4 heteroatoms. The zero-order valence-corrected chi connectivity index (χ0v) is 13.6. The van der Waals surface area contributed by atoms with Crippen LogP contribution in [0.2, 0.25) is 0 Å². The molecule has 0 spiro atoms. The molecule has 0 fully saturated rings. The Morgan fingerprint density at radius 1 is 1.00 bits per heavy atom. The van der Waals surface area contributed by atoms with Gasteiger partial charge >= 0.3 is 0 Å². The molecule has 1 aromatic heterocycles. The van der Waals surface area contributed by atoms with Crippen molar-refractivity contribution < 1.29 is 4.74 Å². The number of hydrogen-bond donors (Lipinski definition) is 0. The van der Waals surface area contributed by atoms with Gasteiger partial charge in [0.2, 0.25) is 0 Å². The molecular formula is C17H13BrClNO. The van der Waals surface area contributed by atoms with E-state index in [1.165, 1.54) is 0 Å². The third-order valence-corrected chi connectivity index (χ3v) is 4.19. The normalized spacial score (nSPS) is 10.8. The van der Waals surface area contributed by atoms with Crippen molar-refractivity contribution in [2.24, 2.45) is 0 Å². The first kappa shape index (κ1) is 14.4. The van der Waals surface area contributed by atoms with E-state index in [4.69, 9.17) is 16.3 Å². The number of para-hydroxylation sites is 2. The largest absolute Gasteiger partial charge is 0.487 e. The van der Waals surface area contributed by atoms with Crippen molar-refractivity contribution in [2.75, 3.05) is 0 Å². The van der Waals surface area contributed by atoms with Crippen LogP contribution < -0.4 is 4.74 Å². The van der Waals surface area contributed by atoms with E-state index < -0.39 is 0 Å². The predicted molar refractivity (Wildman–Crippen MR) is 89.8 cm³/mol. The van der Waals surface area contributed by atoms with Crippen molar-refractivity contribution in [3.8, 4) is 5.75 Å². The van der Waals surface area contributed by atoms with Crippen molar-refractivity contribution in [1.82, 2.24) is 4.98 Å². The summed E-state index contributed by atoms with van der Waals surface area (Å²) in [4.78, 5) is 4.44. The van der Waals surface area contributed by atoms with Crippen LogP contribution in [0.4, 0.5) is 0 Å². The van der Waals surface area contributed by atoms with E-state index in [0.717, 1.165) is 32.3 Å². The minimum absolute atomic E-state index is 0.419. The van der Waals surface area contributed by atoms with Gasteiger partial charge in [-0.15, -0.1) is 11.6 Å². The van der Waals surface area contributed by atoms with Gasteiger partial charge in [0.1, 0.15) is 12.4 Å². The summed E-state index contributed by atoms with van der Waals surface area (Å²) in [6.07, 6.45) is 1.80. The lowest BCUT2D eigenvalue weighted by molar-refractivity contribution is 0.303. The number of nitrogens with zero attached hydrogens (tertiary/aromatic N) is 1. The maximum absolute atomic E-state index is 5.98. The van der Waals surface area contributed by atoms with Crippen molar-refractivity contribution in [3.05, 3.63) is 70.3 Å². The summed E-state index contributed by atoms with van der Waals surface area (Å²) in [7, 11) is 0. The SMILES string of the molecule is ClCc1cccc(Br)c1OCc1cccc2cccnc12. The Kier molecular flexibility index (Phi) is 4.42. The van der Waals surface area contributed by atoms with Gasteiger partial charge in [0.15, 0.2) is 0 Å². The highest BCUT2D eigenvalue weighted by Gasteiger charge is 2.09. The molecule has 21 heavy (non-hydrogen) atoms. The van der Waals surface area contributed by atoms with Gasteiger partial charge < -0.3 is 4.74 Å². The highest BCUT2D eigenvalue weighted by atomic mass is 79.9. The van der Waals surface area contributed by atoms with Crippen LogP contribution in [-0.2, 0) is 12.5 Å².